The minimum atomic E-state index is -0.813. The normalized spacial score (nSPS) is 32.8. The number of amides is 1. The Morgan fingerprint density at radius 2 is 2.00 bits per heavy atom. The fourth-order valence-electron chi connectivity index (χ4n) is 2.72. The van der Waals surface area contributed by atoms with Crippen molar-refractivity contribution in [2.24, 2.45) is 0 Å². The van der Waals surface area contributed by atoms with Crippen LogP contribution < -0.4 is 0 Å². The molecule has 16 heavy (non-hydrogen) atoms. The van der Waals surface area contributed by atoms with Gasteiger partial charge in [0.1, 0.15) is 6.17 Å². The minimum absolute atomic E-state index is 0.000880. The third kappa shape index (κ3) is 2.54. The molecular formula is C12H21FN2O. The number of hydrogen-bond donors (Lipinski definition) is 0. The molecule has 0 spiro atoms. The summed E-state index contributed by atoms with van der Waals surface area (Å²) in [6.45, 7) is 2.04. The van der Waals surface area contributed by atoms with E-state index in [1.54, 1.807) is 4.90 Å². The number of piperidine rings is 2. The van der Waals surface area contributed by atoms with Crippen molar-refractivity contribution < 1.29 is 9.18 Å². The number of carbonyl (C=O) groups excluding carboxylic acids is 1. The van der Waals surface area contributed by atoms with Crippen LogP contribution in [0.15, 0.2) is 0 Å². The highest BCUT2D eigenvalue weighted by molar-refractivity contribution is 5.82. The SMILES string of the molecule is CN1CCCCC1C(=O)N1CCCC(F)C1. The largest absolute Gasteiger partial charge is 0.338 e. The summed E-state index contributed by atoms with van der Waals surface area (Å²) in [6, 6.07) is -0.000880. The highest BCUT2D eigenvalue weighted by Gasteiger charge is 2.32. The maximum Gasteiger partial charge on any atom is 0.240 e. The molecule has 2 atom stereocenters. The first-order chi connectivity index (χ1) is 7.68. The molecule has 0 bridgehead atoms. The van der Waals surface area contributed by atoms with E-state index in [0.717, 1.165) is 32.4 Å². The zero-order valence-electron chi connectivity index (χ0n) is 9.99. The monoisotopic (exact) mass is 228 g/mol. The molecule has 0 saturated carbocycles. The molecule has 2 unspecified atom stereocenters. The molecule has 2 fully saturated rings. The van der Waals surface area contributed by atoms with Crippen LogP contribution in [0, 0.1) is 0 Å². The van der Waals surface area contributed by atoms with Gasteiger partial charge in [-0.1, -0.05) is 6.42 Å². The molecule has 2 aliphatic rings. The molecule has 2 saturated heterocycles. The molecular weight excluding hydrogens is 207 g/mol. The number of alkyl halides is 1. The topological polar surface area (TPSA) is 23.6 Å². The van der Waals surface area contributed by atoms with Crippen LogP contribution in [0.2, 0.25) is 0 Å². The second-order valence-electron chi connectivity index (χ2n) is 5.02. The lowest BCUT2D eigenvalue weighted by Gasteiger charge is -2.37. The molecule has 0 aliphatic carbocycles. The summed E-state index contributed by atoms with van der Waals surface area (Å²) in [7, 11) is 2.00. The van der Waals surface area contributed by atoms with E-state index < -0.39 is 6.17 Å². The minimum Gasteiger partial charge on any atom is -0.338 e. The number of likely N-dealkylation sites (tertiary alicyclic amines) is 2. The van der Waals surface area contributed by atoms with E-state index in [1.165, 1.54) is 6.42 Å². The van der Waals surface area contributed by atoms with Crippen molar-refractivity contribution >= 4 is 5.91 Å². The lowest BCUT2D eigenvalue weighted by Crippen LogP contribution is -2.52. The number of likely N-dealkylation sites (N-methyl/N-ethyl adjacent to an activating group) is 1. The Kier molecular flexibility index (Phi) is 3.79. The molecule has 92 valence electrons. The molecule has 0 aromatic heterocycles. The van der Waals surface area contributed by atoms with Crippen LogP contribution in [0.3, 0.4) is 0 Å². The molecule has 0 aromatic rings. The molecule has 0 radical (unpaired) electrons. The maximum absolute atomic E-state index is 13.3. The van der Waals surface area contributed by atoms with Gasteiger partial charge < -0.3 is 4.90 Å². The van der Waals surface area contributed by atoms with Crippen LogP contribution in [0.1, 0.15) is 32.1 Å². The van der Waals surface area contributed by atoms with Gasteiger partial charge in [-0.15, -0.1) is 0 Å². The number of halogens is 1. The van der Waals surface area contributed by atoms with Crippen LogP contribution in [0.5, 0.6) is 0 Å². The zero-order valence-corrected chi connectivity index (χ0v) is 9.99. The van der Waals surface area contributed by atoms with Gasteiger partial charge in [-0.25, -0.2) is 4.39 Å². The van der Waals surface area contributed by atoms with E-state index >= 15 is 0 Å². The zero-order chi connectivity index (χ0) is 11.5. The van der Waals surface area contributed by atoms with Crippen molar-refractivity contribution in [3.63, 3.8) is 0 Å². The van der Waals surface area contributed by atoms with Gasteiger partial charge in [0.15, 0.2) is 0 Å². The third-order valence-electron chi connectivity index (χ3n) is 3.73. The summed E-state index contributed by atoms with van der Waals surface area (Å²) in [6.07, 6.45) is 3.84. The predicted molar refractivity (Wildman–Crippen MR) is 61.0 cm³/mol. The molecule has 0 aromatic carbocycles. The van der Waals surface area contributed by atoms with Crippen molar-refractivity contribution in [2.75, 3.05) is 26.7 Å². The first-order valence-corrected chi connectivity index (χ1v) is 6.31. The summed E-state index contributed by atoms with van der Waals surface area (Å²) < 4.78 is 13.3. The molecule has 4 heteroatoms. The Balaban J connectivity index is 1.94. The number of hydrogen-bond acceptors (Lipinski definition) is 2. The van der Waals surface area contributed by atoms with Gasteiger partial charge in [0.2, 0.25) is 5.91 Å². The molecule has 0 N–H and O–H groups in total. The standard InChI is InChI=1S/C12H21FN2O/c1-14-7-3-2-6-11(14)12(16)15-8-4-5-10(13)9-15/h10-11H,2-9H2,1H3. The van der Waals surface area contributed by atoms with Crippen LogP contribution in [-0.2, 0) is 4.79 Å². The fourth-order valence-corrected chi connectivity index (χ4v) is 2.72. The smallest absolute Gasteiger partial charge is 0.240 e. The quantitative estimate of drug-likeness (QED) is 0.678. The van der Waals surface area contributed by atoms with E-state index in [0.29, 0.717) is 13.0 Å². The average molecular weight is 228 g/mol. The van der Waals surface area contributed by atoms with Crippen molar-refractivity contribution in [2.45, 2.75) is 44.3 Å². The van der Waals surface area contributed by atoms with Crippen molar-refractivity contribution in [3.8, 4) is 0 Å². The summed E-state index contributed by atoms with van der Waals surface area (Å²) in [4.78, 5) is 16.1. The maximum atomic E-state index is 13.3. The molecule has 2 aliphatic heterocycles. The molecule has 2 heterocycles. The first-order valence-electron chi connectivity index (χ1n) is 6.31. The van der Waals surface area contributed by atoms with Crippen molar-refractivity contribution in [3.05, 3.63) is 0 Å². The van der Waals surface area contributed by atoms with Gasteiger partial charge in [0.25, 0.3) is 0 Å². The summed E-state index contributed by atoms with van der Waals surface area (Å²) in [5.41, 5.74) is 0. The Morgan fingerprint density at radius 1 is 1.19 bits per heavy atom. The van der Waals surface area contributed by atoms with E-state index in [4.69, 9.17) is 0 Å². The highest BCUT2D eigenvalue weighted by Crippen LogP contribution is 2.20. The number of nitrogens with zero attached hydrogens (tertiary/aromatic N) is 2. The van der Waals surface area contributed by atoms with Gasteiger partial charge >= 0.3 is 0 Å². The lowest BCUT2D eigenvalue weighted by atomic mass is 10.00. The molecule has 1 amide bonds. The fraction of sp³-hybridized carbons (Fsp3) is 0.917. The second kappa shape index (κ2) is 5.13. The van der Waals surface area contributed by atoms with E-state index in [2.05, 4.69) is 4.90 Å². The van der Waals surface area contributed by atoms with Crippen LogP contribution >= 0.6 is 0 Å². The predicted octanol–water partition coefficient (Wildman–Crippen LogP) is 1.43. The average Bonchev–Trinajstić information content (AvgIpc) is 2.29. The lowest BCUT2D eigenvalue weighted by molar-refractivity contribution is -0.139. The van der Waals surface area contributed by atoms with Gasteiger partial charge in [-0.05, 0) is 39.3 Å². The van der Waals surface area contributed by atoms with E-state index in [1.807, 2.05) is 7.05 Å². The Hall–Kier alpha value is -0.640. The highest BCUT2D eigenvalue weighted by atomic mass is 19.1. The van der Waals surface area contributed by atoms with Gasteiger partial charge in [0, 0.05) is 6.54 Å². The van der Waals surface area contributed by atoms with Crippen LogP contribution in [0.4, 0.5) is 4.39 Å². The molecule has 2 rings (SSSR count). The van der Waals surface area contributed by atoms with Gasteiger partial charge in [0.05, 0.1) is 12.6 Å². The molecule has 3 nitrogen and oxygen atoms in total. The van der Waals surface area contributed by atoms with Crippen LogP contribution in [-0.4, -0.2) is 54.6 Å². The Morgan fingerprint density at radius 3 is 2.69 bits per heavy atom. The Bertz CT molecular complexity index is 259. The first kappa shape index (κ1) is 11.8. The van der Waals surface area contributed by atoms with Gasteiger partial charge in [-0.3, -0.25) is 9.69 Å². The Labute approximate surface area is 96.6 Å². The third-order valence-corrected chi connectivity index (χ3v) is 3.73. The second-order valence-corrected chi connectivity index (χ2v) is 5.02. The number of carbonyl (C=O) groups is 1. The van der Waals surface area contributed by atoms with Gasteiger partial charge in [-0.2, -0.15) is 0 Å². The summed E-state index contributed by atoms with van der Waals surface area (Å²) in [5.74, 6) is 0.143. The van der Waals surface area contributed by atoms with Crippen molar-refractivity contribution in [1.29, 1.82) is 0 Å². The van der Waals surface area contributed by atoms with Crippen molar-refractivity contribution in [1.82, 2.24) is 9.80 Å². The summed E-state index contributed by atoms with van der Waals surface area (Å²) in [5, 5.41) is 0. The van der Waals surface area contributed by atoms with E-state index in [-0.39, 0.29) is 11.9 Å². The van der Waals surface area contributed by atoms with Crippen LogP contribution in [0.25, 0.3) is 0 Å². The van der Waals surface area contributed by atoms with E-state index in [9.17, 15) is 9.18 Å². The summed E-state index contributed by atoms with van der Waals surface area (Å²) >= 11 is 0. The number of rotatable bonds is 1.